The van der Waals surface area contributed by atoms with Gasteiger partial charge in [0.25, 0.3) is 0 Å². The number of cyclic esters (lactones) is 1. The zero-order valence-electron chi connectivity index (χ0n) is 22.9. The molecule has 3 aliphatic rings. The molecule has 1 saturated carbocycles. The lowest BCUT2D eigenvalue weighted by molar-refractivity contribution is -0.119. The summed E-state index contributed by atoms with van der Waals surface area (Å²) in [5, 5.41) is 12.4. The number of aromatic nitrogens is 1. The summed E-state index contributed by atoms with van der Waals surface area (Å²) in [6, 6.07) is 7.55. The fourth-order valence-electron chi connectivity index (χ4n) is 5.90. The molecule has 3 aromatic rings. The van der Waals surface area contributed by atoms with Gasteiger partial charge < -0.3 is 24.6 Å². The van der Waals surface area contributed by atoms with Crippen LogP contribution in [0.15, 0.2) is 35.3 Å². The van der Waals surface area contributed by atoms with E-state index in [1.54, 1.807) is 11.0 Å². The van der Waals surface area contributed by atoms with Crippen molar-refractivity contribution in [3.8, 4) is 0 Å². The number of nitrogens with zero attached hydrogens (tertiary/aromatic N) is 3. The number of aryl methyl sites for hydroxylation is 2. The lowest BCUT2D eigenvalue weighted by Crippen LogP contribution is -2.33. The van der Waals surface area contributed by atoms with Crippen molar-refractivity contribution in [3.63, 3.8) is 0 Å². The van der Waals surface area contributed by atoms with E-state index in [1.165, 1.54) is 20.0 Å². The largest absolute Gasteiger partial charge is 0.477 e. The molecule has 1 unspecified atom stereocenters. The van der Waals surface area contributed by atoms with Crippen molar-refractivity contribution in [2.45, 2.75) is 58.2 Å². The fourth-order valence-corrected chi connectivity index (χ4v) is 5.90. The second-order valence-corrected chi connectivity index (χ2v) is 11.1. The predicted octanol–water partition coefficient (Wildman–Crippen LogP) is 3.90. The normalized spacial score (nSPS) is 18.7. The van der Waals surface area contributed by atoms with Crippen LogP contribution >= 0.6 is 0 Å². The average molecular weight is 563 g/mol. The minimum Gasteiger partial charge on any atom is -0.477 e. The van der Waals surface area contributed by atoms with Gasteiger partial charge in [0.1, 0.15) is 17.5 Å². The molecule has 214 valence electrons. The summed E-state index contributed by atoms with van der Waals surface area (Å²) in [4.78, 5) is 52.1. The number of rotatable bonds is 6. The number of anilines is 2. The van der Waals surface area contributed by atoms with E-state index in [4.69, 9.17) is 4.74 Å². The molecule has 1 aromatic heterocycles. The molecule has 1 aliphatic carbocycles. The highest BCUT2D eigenvalue weighted by atomic mass is 19.1. The molecule has 2 aromatic carbocycles. The van der Waals surface area contributed by atoms with Gasteiger partial charge in [-0.15, -0.1) is 0 Å². The third-order valence-electron chi connectivity index (χ3n) is 8.18. The quantitative estimate of drug-likeness (QED) is 0.468. The number of carboxylic acids is 1. The number of pyridine rings is 1. The molecule has 10 nitrogen and oxygen atoms in total. The number of carboxylic acid groups (broad SMARTS) is 1. The number of ether oxygens (including phenoxy) is 1. The smallest absolute Gasteiger partial charge is 0.414 e. The van der Waals surface area contributed by atoms with Crippen LogP contribution in [0.5, 0.6) is 0 Å². The second kappa shape index (κ2) is 10.2. The summed E-state index contributed by atoms with van der Waals surface area (Å²) in [6.07, 6.45) is 3.74. The van der Waals surface area contributed by atoms with Crippen LogP contribution in [0, 0.1) is 12.7 Å². The van der Waals surface area contributed by atoms with Crippen molar-refractivity contribution < 1.29 is 28.6 Å². The summed E-state index contributed by atoms with van der Waals surface area (Å²) in [7, 11) is 0. The van der Waals surface area contributed by atoms with Crippen LogP contribution in [0.4, 0.5) is 20.6 Å². The molecular formula is C30H31FN4O6. The van der Waals surface area contributed by atoms with Crippen molar-refractivity contribution in [1.82, 2.24) is 9.88 Å². The summed E-state index contributed by atoms with van der Waals surface area (Å²) in [6.45, 7) is 4.55. The van der Waals surface area contributed by atoms with Gasteiger partial charge in [0.2, 0.25) is 11.3 Å². The molecule has 41 heavy (non-hydrogen) atoms. The maximum absolute atomic E-state index is 15.9. The third-order valence-corrected chi connectivity index (χ3v) is 8.18. The molecule has 0 spiro atoms. The minimum atomic E-state index is -1.32. The predicted molar refractivity (Wildman–Crippen MR) is 150 cm³/mol. The number of nitrogens with one attached hydrogen (secondary N) is 1. The Balaban J connectivity index is 1.32. The van der Waals surface area contributed by atoms with Gasteiger partial charge in [-0.1, -0.05) is 6.07 Å². The number of benzene rings is 2. The van der Waals surface area contributed by atoms with E-state index in [0.29, 0.717) is 36.5 Å². The Morgan fingerprint density at radius 2 is 1.95 bits per heavy atom. The number of hydrogen-bond donors (Lipinski definition) is 2. The molecule has 1 atom stereocenters. The van der Waals surface area contributed by atoms with Crippen LogP contribution in [0.3, 0.4) is 0 Å². The van der Waals surface area contributed by atoms with Crippen LogP contribution in [0.1, 0.15) is 59.3 Å². The lowest BCUT2D eigenvalue weighted by atomic mass is 10.0. The molecule has 6 rings (SSSR count). The van der Waals surface area contributed by atoms with Gasteiger partial charge in [-0.3, -0.25) is 14.5 Å². The van der Waals surface area contributed by atoms with E-state index in [2.05, 4.69) is 5.32 Å². The average Bonchev–Trinajstić information content (AvgIpc) is 3.73. The molecule has 2 fully saturated rings. The Hall–Kier alpha value is -4.41. The Labute approximate surface area is 235 Å². The molecule has 2 aliphatic heterocycles. The lowest BCUT2D eigenvalue weighted by Gasteiger charge is -2.26. The highest BCUT2D eigenvalue weighted by Gasteiger charge is 2.33. The SMILES string of the molecule is CC(=O)NCC1CN(c2ccc3c(c2)CCCN(c2cc4c(c(C)c2F)c(=O)c(C(=O)O)cn4C2CC2)C3)C(=O)O1. The van der Waals surface area contributed by atoms with Crippen LogP contribution in [-0.2, 0) is 22.5 Å². The fraction of sp³-hybridized carbons (Fsp3) is 0.400. The number of halogens is 1. The number of fused-ring (bicyclic) bond motifs is 2. The van der Waals surface area contributed by atoms with Gasteiger partial charge in [-0.05, 0) is 61.9 Å². The molecule has 1 saturated heterocycles. The van der Waals surface area contributed by atoms with E-state index >= 15 is 4.39 Å². The minimum absolute atomic E-state index is 0.0901. The maximum atomic E-state index is 15.9. The number of aromatic carboxylic acids is 1. The van der Waals surface area contributed by atoms with E-state index in [1.807, 2.05) is 27.7 Å². The van der Waals surface area contributed by atoms with Crippen molar-refractivity contribution in [2.24, 2.45) is 0 Å². The van der Waals surface area contributed by atoms with Crippen LogP contribution in [0.2, 0.25) is 0 Å². The van der Waals surface area contributed by atoms with Gasteiger partial charge >= 0.3 is 12.1 Å². The van der Waals surface area contributed by atoms with Crippen LogP contribution < -0.4 is 20.5 Å². The third kappa shape index (κ3) is 4.89. The topological polar surface area (TPSA) is 121 Å². The van der Waals surface area contributed by atoms with E-state index < -0.39 is 29.4 Å². The molecule has 3 heterocycles. The van der Waals surface area contributed by atoms with E-state index in [-0.39, 0.29) is 35.0 Å². The maximum Gasteiger partial charge on any atom is 0.414 e. The van der Waals surface area contributed by atoms with Gasteiger partial charge in [0.05, 0.1) is 29.7 Å². The van der Waals surface area contributed by atoms with Crippen molar-refractivity contribution in [3.05, 3.63) is 68.8 Å². The molecular weight excluding hydrogens is 531 g/mol. The summed E-state index contributed by atoms with van der Waals surface area (Å²) in [5.41, 5.74) is 2.85. The van der Waals surface area contributed by atoms with Crippen LogP contribution in [0.25, 0.3) is 10.9 Å². The first-order chi connectivity index (χ1) is 19.6. The molecule has 2 N–H and O–H groups in total. The number of carbonyl (C=O) groups excluding carboxylic acids is 2. The Morgan fingerprint density at radius 1 is 1.17 bits per heavy atom. The van der Waals surface area contributed by atoms with Gasteiger partial charge in [-0.2, -0.15) is 0 Å². The van der Waals surface area contributed by atoms with E-state index in [9.17, 15) is 24.3 Å². The molecule has 0 radical (unpaired) electrons. The van der Waals surface area contributed by atoms with Gasteiger partial charge in [-0.25, -0.2) is 14.0 Å². The standard InChI is InChI=1S/C30H31FN4O6/c1-16-26-24(34(20-7-8-20)15-23(28(26)37)29(38)39)11-25(27(16)31)33-9-3-4-18-10-21(6-5-19(18)13-33)35-14-22(41-30(35)40)12-32-17(2)36/h5-6,10-11,15,20,22H,3-4,7-9,12-14H2,1-2H3,(H,32,36)(H,38,39). The van der Waals surface area contributed by atoms with Gasteiger partial charge in [0, 0.05) is 43.5 Å². The Bertz CT molecular complexity index is 1660. The molecule has 11 heteroatoms. The van der Waals surface area contributed by atoms with Crippen molar-refractivity contribution >= 4 is 40.2 Å². The Morgan fingerprint density at radius 3 is 2.66 bits per heavy atom. The first-order valence-corrected chi connectivity index (χ1v) is 13.8. The zero-order valence-corrected chi connectivity index (χ0v) is 22.9. The summed E-state index contributed by atoms with van der Waals surface area (Å²) < 4.78 is 23.2. The first kappa shape index (κ1) is 26.8. The first-order valence-electron chi connectivity index (χ1n) is 13.8. The highest BCUT2D eigenvalue weighted by Crippen LogP contribution is 2.40. The van der Waals surface area contributed by atoms with Crippen molar-refractivity contribution in [2.75, 3.05) is 29.4 Å². The van der Waals surface area contributed by atoms with Crippen molar-refractivity contribution in [1.29, 1.82) is 0 Å². The number of carbonyl (C=O) groups is 3. The summed E-state index contributed by atoms with van der Waals surface area (Å²) >= 11 is 0. The zero-order chi connectivity index (χ0) is 29.0. The number of amides is 2. The Kier molecular flexibility index (Phi) is 6.67. The van der Waals surface area contributed by atoms with Crippen LogP contribution in [-0.4, -0.2) is 53.4 Å². The molecule has 2 amide bonds. The monoisotopic (exact) mass is 562 g/mol. The highest BCUT2D eigenvalue weighted by molar-refractivity contribution is 5.95. The summed E-state index contributed by atoms with van der Waals surface area (Å²) in [5.74, 6) is -2.03. The molecule has 0 bridgehead atoms. The van der Waals surface area contributed by atoms with Gasteiger partial charge in [0.15, 0.2) is 0 Å². The van der Waals surface area contributed by atoms with E-state index in [0.717, 1.165) is 36.8 Å². The number of hydrogen-bond acceptors (Lipinski definition) is 6. The second-order valence-electron chi connectivity index (χ2n) is 11.1.